The van der Waals surface area contributed by atoms with Crippen molar-refractivity contribution in [3.05, 3.63) is 29.8 Å². The molecule has 0 saturated heterocycles. The topological polar surface area (TPSA) is 59.6 Å². The number of carbonyl (C=O) groups is 1. The quantitative estimate of drug-likeness (QED) is 0.670. The molecule has 1 aromatic rings. The van der Waals surface area contributed by atoms with Gasteiger partial charge >= 0.3 is 0 Å². The van der Waals surface area contributed by atoms with Crippen molar-refractivity contribution in [3.8, 4) is 5.75 Å². The Balaban J connectivity index is 2.40. The van der Waals surface area contributed by atoms with E-state index in [2.05, 4.69) is 17.6 Å². The van der Waals surface area contributed by atoms with Gasteiger partial charge in [0.2, 0.25) is 0 Å². The van der Waals surface area contributed by atoms with Crippen molar-refractivity contribution >= 4 is 5.91 Å². The zero-order chi connectivity index (χ0) is 14.8. The van der Waals surface area contributed by atoms with Crippen LogP contribution in [0.15, 0.2) is 24.3 Å². The SMILES string of the molecule is CCNCc1ccc(OC(C)C(=O)NCCOC)cc1. The normalized spacial score (nSPS) is 11.9. The Hall–Kier alpha value is -1.59. The summed E-state index contributed by atoms with van der Waals surface area (Å²) in [4.78, 5) is 11.7. The van der Waals surface area contributed by atoms with Gasteiger partial charge in [-0.2, -0.15) is 0 Å². The first-order valence-corrected chi connectivity index (χ1v) is 6.90. The van der Waals surface area contributed by atoms with Gasteiger partial charge in [0.1, 0.15) is 5.75 Å². The van der Waals surface area contributed by atoms with Crippen molar-refractivity contribution in [2.24, 2.45) is 0 Å². The average Bonchev–Trinajstić information content (AvgIpc) is 2.46. The van der Waals surface area contributed by atoms with Crippen molar-refractivity contribution in [2.45, 2.75) is 26.5 Å². The molecule has 0 aliphatic heterocycles. The first kappa shape index (κ1) is 16.5. The Labute approximate surface area is 120 Å². The summed E-state index contributed by atoms with van der Waals surface area (Å²) in [5, 5.41) is 6.00. The number of benzene rings is 1. The lowest BCUT2D eigenvalue weighted by atomic mass is 10.2. The van der Waals surface area contributed by atoms with Crippen LogP contribution < -0.4 is 15.4 Å². The number of nitrogens with one attached hydrogen (secondary N) is 2. The molecule has 5 nitrogen and oxygen atoms in total. The Kier molecular flexibility index (Phi) is 7.69. The van der Waals surface area contributed by atoms with Crippen molar-refractivity contribution in [1.29, 1.82) is 0 Å². The third-order valence-corrected chi connectivity index (χ3v) is 2.79. The van der Waals surface area contributed by atoms with Crippen LogP contribution in [0.2, 0.25) is 0 Å². The summed E-state index contributed by atoms with van der Waals surface area (Å²) < 4.78 is 10.5. The standard InChI is InChI=1S/C15H24N2O3/c1-4-16-11-13-5-7-14(8-6-13)20-12(2)15(18)17-9-10-19-3/h5-8,12,16H,4,9-11H2,1-3H3,(H,17,18). The summed E-state index contributed by atoms with van der Waals surface area (Å²) >= 11 is 0. The molecule has 0 bridgehead atoms. The molecule has 0 aromatic heterocycles. The van der Waals surface area contributed by atoms with E-state index in [1.807, 2.05) is 24.3 Å². The highest BCUT2D eigenvalue weighted by molar-refractivity contribution is 5.80. The van der Waals surface area contributed by atoms with E-state index in [1.54, 1.807) is 14.0 Å². The van der Waals surface area contributed by atoms with Crippen molar-refractivity contribution in [3.63, 3.8) is 0 Å². The van der Waals surface area contributed by atoms with E-state index in [0.717, 1.165) is 13.1 Å². The molecule has 0 heterocycles. The monoisotopic (exact) mass is 280 g/mol. The average molecular weight is 280 g/mol. The van der Waals surface area contributed by atoms with Gasteiger partial charge in [-0.05, 0) is 31.2 Å². The number of rotatable bonds is 9. The lowest BCUT2D eigenvalue weighted by molar-refractivity contribution is -0.127. The molecule has 1 rings (SSSR count). The fourth-order valence-corrected chi connectivity index (χ4v) is 1.63. The third kappa shape index (κ3) is 6.04. The van der Waals surface area contributed by atoms with E-state index in [9.17, 15) is 4.79 Å². The molecular weight excluding hydrogens is 256 g/mol. The fourth-order valence-electron chi connectivity index (χ4n) is 1.63. The van der Waals surface area contributed by atoms with Crippen molar-refractivity contribution < 1.29 is 14.3 Å². The lowest BCUT2D eigenvalue weighted by Crippen LogP contribution is -2.37. The summed E-state index contributed by atoms with van der Waals surface area (Å²) in [6.45, 7) is 6.57. The van der Waals surface area contributed by atoms with Gasteiger partial charge in [0, 0.05) is 20.2 Å². The first-order chi connectivity index (χ1) is 9.67. The predicted molar refractivity (Wildman–Crippen MR) is 78.8 cm³/mol. The fraction of sp³-hybridized carbons (Fsp3) is 0.533. The van der Waals surface area contributed by atoms with E-state index in [4.69, 9.17) is 9.47 Å². The summed E-state index contributed by atoms with van der Waals surface area (Å²) in [5.41, 5.74) is 1.19. The molecule has 5 heteroatoms. The Morgan fingerprint density at radius 2 is 2.00 bits per heavy atom. The molecule has 1 unspecified atom stereocenters. The molecule has 1 atom stereocenters. The Morgan fingerprint density at radius 1 is 1.30 bits per heavy atom. The van der Waals surface area contributed by atoms with Gasteiger partial charge in [-0.1, -0.05) is 19.1 Å². The molecule has 0 radical (unpaired) electrons. The van der Waals surface area contributed by atoms with Crippen LogP contribution >= 0.6 is 0 Å². The molecule has 1 amide bonds. The smallest absolute Gasteiger partial charge is 0.260 e. The van der Waals surface area contributed by atoms with Gasteiger partial charge in [-0.15, -0.1) is 0 Å². The zero-order valence-electron chi connectivity index (χ0n) is 12.4. The molecule has 0 aliphatic carbocycles. The highest BCUT2D eigenvalue weighted by atomic mass is 16.5. The van der Waals surface area contributed by atoms with E-state index >= 15 is 0 Å². The molecule has 0 fully saturated rings. The van der Waals surface area contributed by atoms with E-state index in [1.165, 1.54) is 5.56 Å². The van der Waals surface area contributed by atoms with Gasteiger partial charge in [-0.3, -0.25) is 4.79 Å². The van der Waals surface area contributed by atoms with Crippen LogP contribution in [0.5, 0.6) is 5.75 Å². The minimum atomic E-state index is -0.522. The maximum atomic E-state index is 11.7. The van der Waals surface area contributed by atoms with Gasteiger partial charge < -0.3 is 20.1 Å². The number of hydrogen-bond donors (Lipinski definition) is 2. The molecule has 112 valence electrons. The highest BCUT2D eigenvalue weighted by Gasteiger charge is 2.13. The molecule has 20 heavy (non-hydrogen) atoms. The van der Waals surface area contributed by atoms with Crippen LogP contribution in [0.3, 0.4) is 0 Å². The molecule has 2 N–H and O–H groups in total. The summed E-state index contributed by atoms with van der Waals surface area (Å²) in [7, 11) is 1.60. The minimum Gasteiger partial charge on any atom is -0.481 e. The van der Waals surface area contributed by atoms with E-state index in [0.29, 0.717) is 18.9 Å². The zero-order valence-corrected chi connectivity index (χ0v) is 12.4. The second-order valence-electron chi connectivity index (χ2n) is 4.47. The molecule has 0 spiro atoms. The highest BCUT2D eigenvalue weighted by Crippen LogP contribution is 2.13. The minimum absolute atomic E-state index is 0.140. The summed E-state index contributed by atoms with van der Waals surface area (Å²) in [5.74, 6) is 0.554. The number of methoxy groups -OCH3 is 1. The third-order valence-electron chi connectivity index (χ3n) is 2.79. The van der Waals surface area contributed by atoms with Crippen molar-refractivity contribution in [1.82, 2.24) is 10.6 Å². The van der Waals surface area contributed by atoms with E-state index < -0.39 is 6.10 Å². The molecule has 1 aromatic carbocycles. The maximum absolute atomic E-state index is 11.7. The van der Waals surface area contributed by atoms with Gasteiger partial charge in [0.05, 0.1) is 6.61 Å². The Morgan fingerprint density at radius 3 is 2.60 bits per heavy atom. The molecule has 0 aliphatic rings. The maximum Gasteiger partial charge on any atom is 0.260 e. The van der Waals surface area contributed by atoms with Crippen LogP contribution in [0.25, 0.3) is 0 Å². The van der Waals surface area contributed by atoms with Crippen LogP contribution in [-0.4, -0.2) is 38.8 Å². The van der Waals surface area contributed by atoms with Crippen LogP contribution in [0.4, 0.5) is 0 Å². The largest absolute Gasteiger partial charge is 0.481 e. The summed E-state index contributed by atoms with van der Waals surface area (Å²) in [6, 6.07) is 7.75. The van der Waals surface area contributed by atoms with Crippen LogP contribution in [0, 0.1) is 0 Å². The van der Waals surface area contributed by atoms with Gasteiger partial charge in [0.15, 0.2) is 6.10 Å². The Bertz CT molecular complexity index is 393. The van der Waals surface area contributed by atoms with E-state index in [-0.39, 0.29) is 5.91 Å². The second-order valence-corrected chi connectivity index (χ2v) is 4.47. The lowest BCUT2D eigenvalue weighted by Gasteiger charge is -2.15. The number of carbonyl (C=O) groups excluding carboxylic acids is 1. The number of amides is 1. The van der Waals surface area contributed by atoms with Crippen LogP contribution in [0.1, 0.15) is 19.4 Å². The number of hydrogen-bond acceptors (Lipinski definition) is 4. The predicted octanol–water partition coefficient (Wildman–Crippen LogP) is 1.33. The van der Waals surface area contributed by atoms with Crippen molar-refractivity contribution in [2.75, 3.05) is 26.8 Å². The van der Waals surface area contributed by atoms with Gasteiger partial charge in [0.25, 0.3) is 5.91 Å². The van der Waals surface area contributed by atoms with Crippen LogP contribution in [-0.2, 0) is 16.1 Å². The second kappa shape index (κ2) is 9.34. The first-order valence-electron chi connectivity index (χ1n) is 6.90. The number of ether oxygens (including phenoxy) is 2. The molecular formula is C15H24N2O3. The molecule has 0 saturated carbocycles. The van der Waals surface area contributed by atoms with Gasteiger partial charge in [-0.25, -0.2) is 0 Å². The summed E-state index contributed by atoms with van der Waals surface area (Å²) in [6.07, 6.45) is -0.522.